The van der Waals surface area contributed by atoms with Crippen LogP contribution in [0.4, 0.5) is 0 Å². The minimum atomic E-state index is 0.562. The zero-order valence-corrected chi connectivity index (χ0v) is 13.9. The van der Waals surface area contributed by atoms with Crippen molar-refractivity contribution in [2.45, 2.75) is 13.8 Å². The van der Waals surface area contributed by atoms with Crippen molar-refractivity contribution in [2.24, 2.45) is 0 Å². The molecule has 0 unspecified atom stereocenters. The first-order valence-electron chi connectivity index (χ1n) is 6.32. The number of carbonyl (C=O) groups is 1. The molecular weight excluding hydrogens is 350 g/mol. The summed E-state index contributed by atoms with van der Waals surface area (Å²) in [5.74, 6) is 0.705. The maximum Gasteiger partial charge on any atom is 0.153 e. The zero-order valence-electron chi connectivity index (χ0n) is 11.5. The van der Waals surface area contributed by atoms with E-state index in [-0.39, 0.29) is 0 Å². The van der Waals surface area contributed by atoms with Crippen LogP contribution in [0.3, 0.4) is 0 Å². The number of aryl methyl sites for hydroxylation is 2. The van der Waals surface area contributed by atoms with Gasteiger partial charge in [-0.25, -0.2) is 9.67 Å². The van der Waals surface area contributed by atoms with Gasteiger partial charge in [0, 0.05) is 22.8 Å². The Morgan fingerprint density at radius 1 is 1.33 bits per heavy atom. The topological polar surface area (TPSA) is 47.8 Å². The predicted octanol–water partition coefficient (Wildman–Crippen LogP) is 4.19. The van der Waals surface area contributed by atoms with Crippen LogP contribution in [0.15, 0.2) is 34.4 Å². The Morgan fingerprint density at radius 3 is 2.76 bits per heavy atom. The number of nitrogens with zero attached hydrogens (tertiary/aromatic N) is 3. The van der Waals surface area contributed by atoms with Crippen molar-refractivity contribution in [3.63, 3.8) is 0 Å². The highest BCUT2D eigenvalue weighted by atomic mass is 79.9. The molecule has 4 nitrogen and oxygen atoms in total. The Kier molecular flexibility index (Phi) is 3.73. The molecule has 0 amide bonds. The summed E-state index contributed by atoms with van der Waals surface area (Å²) in [7, 11) is 0. The summed E-state index contributed by atoms with van der Waals surface area (Å²) in [4.78, 5) is 16.8. The molecule has 0 bridgehead atoms. The summed E-state index contributed by atoms with van der Waals surface area (Å²) in [6.45, 7) is 4.01. The van der Waals surface area contributed by atoms with E-state index >= 15 is 0 Å². The number of carbonyl (C=O) groups excluding carboxylic acids is 1. The first-order chi connectivity index (χ1) is 10.1. The third-order valence-electron chi connectivity index (χ3n) is 3.15. The maximum absolute atomic E-state index is 11.3. The van der Waals surface area contributed by atoms with Crippen LogP contribution in [0.2, 0.25) is 0 Å². The van der Waals surface area contributed by atoms with Gasteiger partial charge < -0.3 is 0 Å². The maximum atomic E-state index is 11.3. The molecule has 0 atom stereocenters. The van der Waals surface area contributed by atoms with E-state index in [4.69, 9.17) is 0 Å². The molecule has 0 spiro atoms. The van der Waals surface area contributed by atoms with Crippen molar-refractivity contribution in [3.8, 4) is 17.1 Å². The van der Waals surface area contributed by atoms with E-state index in [1.807, 2.05) is 32.0 Å². The van der Waals surface area contributed by atoms with Gasteiger partial charge in [-0.15, -0.1) is 11.3 Å². The fraction of sp³-hybridized carbons (Fsp3) is 0.133. The summed E-state index contributed by atoms with van der Waals surface area (Å²) in [6.07, 6.45) is 4.29. The van der Waals surface area contributed by atoms with Crippen LogP contribution in [0, 0.1) is 13.8 Å². The molecule has 0 radical (unpaired) electrons. The summed E-state index contributed by atoms with van der Waals surface area (Å²) < 4.78 is 2.67. The van der Waals surface area contributed by atoms with Crippen molar-refractivity contribution in [3.05, 3.63) is 50.4 Å². The number of hydrogen-bond acceptors (Lipinski definition) is 4. The van der Waals surface area contributed by atoms with Crippen molar-refractivity contribution in [1.82, 2.24) is 14.8 Å². The number of aldehydes is 1. The molecular formula is C15H12BrN3OS. The second-order valence-corrected chi connectivity index (χ2v) is 7.34. The number of rotatable bonds is 3. The number of hydrogen-bond donors (Lipinski definition) is 0. The van der Waals surface area contributed by atoms with Crippen molar-refractivity contribution in [2.75, 3.05) is 0 Å². The second kappa shape index (κ2) is 5.54. The molecule has 0 aliphatic heterocycles. The summed E-state index contributed by atoms with van der Waals surface area (Å²) in [6, 6.07) is 5.85. The SMILES string of the molecule is Cc1ccnc(-n2cc(C=O)c(-c3cc(Br)sc3C)n2)c1. The standard InChI is InChI=1S/C15H12BrN3OS/c1-9-3-4-17-14(5-9)19-7-11(8-20)15(18-19)12-6-13(16)21-10(12)2/h3-8H,1-2H3. The molecule has 3 aromatic rings. The molecule has 3 aromatic heterocycles. The molecule has 21 heavy (non-hydrogen) atoms. The lowest BCUT2D eigenvalue weighted by Gasteiger charge is -2.00. The zero-order chi connectivity index (χ0) is 15.0. The lowest BCUT2D eigenvalue weighted by atomic mass is 10.1. The summed E-state index contributed by atoms with van der Waals surface area (Å²) >= 11 is 5.10. The smallest absolute Gasteiger partial charge is 0.153 e. The lowest BCUT2D eigenvalue weighted by molar-refractivity contribution is 0.112. The largest absolute Gasteiger partial charge is 0.298 e. The van der Waals surface area contributed by atoms with Crippen LogP contribution >= 0.6 is 27.3 Å². The molecule has 106 valence electrons. The van der Waals surface area contributed by atoms with Gasteiger partial charge in [0.1, 0.15) is 5.69 Å². The molecule has 3 heterocycles. The van der Waals surface area contributed by atoms with E-state index in [2.05, 4.69) is 26.0 Å². The highest BCUT2D eigenvalue weighted by Crippen LogP contribution is 2.34. The fourth-order valence-corrected chi connectivity index (χ4v) is 3.82. The molecule has 0 saturated heterocycles. The average molecular weight is 362 g/mol. The highest BCUT2D eigenvalue weighted by molar-refractivity contribution is 9.11. The molecule has 3 rings (SSSR count). The van der Waals surface area contributed by atoms with Crippen molar-refractivity contribution >= 4 is 33.6 Å². The third-order valence-corrected chi connectivity index (χ3v) is 4.70. The van der Waals surface area contributed by atoms with E-state index in [0.717, 1.165) is 26.1 Å². The van der Waals surface area contributed by atoms with Crippen LogP contribution < -0.4 is 0 Å². The van der Waals surface area contributed by atoms with Crippen molar-refractivity contribution in [1.29, 1.82) is 0 Å². The molecule has 6 heteroatoms. The molecule has 0 saturated carbocycles. The first-order valence-corrected chi connectivity index (χ1v) is 7.93. The van der Waals surface area contributed by atoms with Gasteiger partial charge in [-0.3, -0.25) is 4.79 Å². The Morgan fingerprint density at radius 2 is 2.14 bits per heavy atom. The van der Waals surface area contributed by atoms with E-state index < -0.39 is 0 Å². The van der Waals surface area contributed by atoms with Crippen molar-refractivity contribution < 1.29 is 4.79 Å². The van der Waals surface area contributed by atoms with E-state index in [9.17, 15) is 4.79 Å². The Balaban J connectivity index is 2.15. The summed E-state index contributed by atoms with van der Waals surface area (Å²) in [5, 5.41) is 4.55. The van der Waals surface area contributed by atoms with Gasteiger partial charge in [-0.05, 0) is 53.5 Å². The number of aromatic nitrogens is 3. The quantitative estimate of drug-likeness (QED) is 0.657. The van der Waals surface area contributed by atoms with Gasteiger partial charge >= 0.3 is 0 Å². The van der Waals surface area contributed by atoms with Gasteiger partial charge in [0.05, 0.1) is 9.35 Å². The normalized spacial score (nSPS) is 10.8. The van der Waals surface area contributed by atoms with Crippen LogP contribution in [-0.2, 0) is 0 Å². The number of halogens is 1. The molecule has 0 N–H and O–H groups in total. The number of pyridine rings is 1. The third kappa shape index (κ3) is 2.69. The van der Waals surface area contributed by atoms with Gasteiger partial charge in [0.2, 0.25) is 0 Å². The van der Waals surface area contributed by atoms with Gasteiger partial charge in [0.15, 0.2) is 12.1 Å². The minimum Gasteiger partial charge on any atom is -0.298 e. The minimum absolute atomic E-state index is 0.562. The van der Waals surface area contributed by atoms with Crippen LogP contribution in [0.1, 0.15) is 20.8 Å². The second-order valence-electron chi connectivity index (χ2n) is 4.71. The Bertz CT molecular complexity index is 822. The fourth-order valence-electron chi connectivity index (χ4n) is 2.13. The van der Waals surface area contributed by atoms with Gasteiger partial charge in [-0.1, -0.05) is 0 Å². The molecule has 0 aliphatic carbocycles. The molecule has 0 fully saturated rings. The first kappa shape index (κ1) is 14.2. The molecule has 0 aromatic carbocycles. The average Bonchev–Trinajstić information content (AvgIpc) is 3.01. The van der Waals surface area contributed by atoms with Crippen LogP contribution in [0.25, 0.3) is 17.1 Å². The van der Waals surface area contributed by atoms with E-state index in [0.29, 0.717) is 17.1 Å². The number of thiophene rings is 1. The van der Waals surface area contributed by atoms with E-state index in [1.165, 1.54) is 0 Å². The Hall–Kier alpha value is -1.79. The molecule has 0 aliphatic rings. The predicted molar refractivity (Wildman–Crippen MR) is 87.2 cm³/mol. The lowest BCUT2D eigenvalue weighted by Crippen LogP contribution is -1.98. The van der Waals surface area contributed by atoms with Gasteiger partial charge in [-0.2, -0.15) is 5.10 Å². The highest BCUT2D eigenvalue weighted by Gasteiger charge is 2.16. The Labute approximate surface area is 134 Å². The monoisotopic (exact) mass is 361 g/mol. The van der Waals surface area contributed by atoms with Gasteiger partial charge in [0.25, 0.3) is 0 Å². The van der Waals surface area contributed by atoms with Crippen LogP contribution in [-0.4, -0.2) is 21.1 Å². The summed E-state index contributed by atoms with van der Waals surface area (Å²) in [5.41, 5.74) is 3.32. The van der Waals surface area contributed by atoms with Crippen LogP contribution in [0.5, 0.6) is 0 Å². The van der Waals surface area contributed by atoms with E-state index in [1.54, 1.807) is 28.4 Å².